The van der Waals surface area contributed by atoms with E-state index >= 15 is 0 Å². The van der Waals surface area contributed by atoms with Crippen molar-refractivity contribution in [2.45, 2.75) is 18.9 Å². The molecule has 0 saturated carbocycles. The Morgan fingerprint density at radius 2 is 1.94 bits per heavy atom. The molecule has 0 saturated heterocycles. The molecule has 0 spiro atoms. The Labute approximate surface area is 96.0 Å². The molecule has 0 radical (unpaired) electrons. The van der Waals surface area contributed by atoms with Gasteiger partial charge in [0.25, 0.3) is 0 Å². The fourth-order valence-electron chi connectivity index (χ4n) is 1.11. The van der Waals surface area contributed by atoms with Crippen LogP contribution in [0.3, 0.4) is 0 Å². The topological polar surface area (TPSA) is 17.1 Å². The van der Waals surface area contributed by atoms with Crippen LogP contribution in [0.2, 0.25) is 0 Å². The molecular weight excluding hydrogens is 237 g/mol. The average molecular weight is 248 g/mol. The molecule has 1 nitrogen and oxygen atoms in total. The first-order chi connectivity index (χ1) is 7.41. The second kappa shape index (κ2) is 5.39. The Kier molecular flexibility index (Phi) is 4.41. The van der Waals surface area contributed by atoms with E-state index in [4.69, 9.17) is 0 Å². The van der Waals surface area contributed by atoms with E-state index in [9.17, 15) is 18.0 Å². The summed E-state index contributed by atoms with van der Waals surface area (Å²) in [7, 11) is 0. The molecule has 0 aliphatic heterocycles. The van der Waals surface area contributed by atoms with E-state index in [1.807, 2.05) is 31.2 Å². The molecule has 0 amide bonds. The summed E-state index contributed by atoms with van der Waals surface area (Å²) in [4.78, 5) is 10.6. The smallest absolute Gasteiger partial charge is 0.289 e. The van der Waals surface area contributed by atoms with Crippen LogP contribution in [0.25, 0.3) is 0 Å². The Hall–Kier alpha value is -0.970. The molecule has 0 aromatic heterocycles. The SMILES string of the molecule is Cc1ccccc1CSCC(=O)C(F)(F)F. The summed E-state index contributed by atoms with van der Waals surface area (Å²) in [5, 5.41) is 0. The van der Waals surface area contributed by atoms with Gasteiger partial charge in [-0.25, -0.2) is 0 Å². The number of ketones is 1. The monoisotopic (exact) mass is 248 g/mol. The van der Waals surface area contributed by atoms with Crippen molar-refractivity contribution in [2.24, 2.45) is 0 Å². The largest absolute Gasteiger partial charge is 0.450 e. The highest BCUT2D eigenvalue weighted by Gasteiger charge is 2.37. The van der Waals surface area contributed by atoms with E-state index in [0.29, 0.717) is 5.75 Å². The number of alkyl halides is 3. The standard InChI is InChI=1S/C11H11F3OS/c1-8-4-2-3-5-9(8)6-16-7-10(15)11(12,13)14/h2-5H,6-7H2,1H3. The minimum Gasteiger partial charge on any atom is -0.289 e. The van der Waals surface area contributed by atoms with E-state index in [2.05, 4.69) is 0 Å². The molecule has 88 valence electrons. The van der Waals surface area contributed by atoms with Crippen LogP contribution >= 0.6 is 11.8 Å². The lowest BCUT2D eigenvalue weighted by Gasteiger charge is -2.06. The highest BCUT2D eigenvalue weighted by molar-refractivity contribution is 7.99. The average Bonchev–Trinajstić information content (AvgIpc) is 2.19. The number of hydrogen-bond donors (Lipinski definition) is 0. The Morgan fingerprint density at radius 3 is 2.50 bits per heavy atom. The van der Waals surface area contributed by atoms with Crippen molar-refractivity contribution in [3.63, 3.8) is 0 Å². The summed E-state index contributed by atoms with van der Waals surface area (Å²) >= 11 is 0.986. The number of aryl methyl sites for hydroxylation is 1. The third-order valence-electron chi connectivity index (χ3n) is 2.07. The van der Waals surface area contributed by atoms with Gasteiger partial charge in [-0.05, 0) is 18.1 Å². The normalized spacial score (nSPS) is 11.5. The van der Waals surface area contributed by atoms with Crippen molar-refractivity contribution >= 4 is 17.5 Å². The molecule has 0 unspecified atom stereocenters. The third kappa shape index (κ3) is 3.89. The van der Waals surface area contributed by atoms with Crippen molar-refractivity contribution < 1.29 is 18.0 Å². The van der Waals surface area contributed by atoms with Gasteiger partial charge in [0.05, 0.1) is 5.75 Å². The number of carbonyl (C=O) groups is 1. The summed E-state index contributed by atoms with van der Waals surface area (Å²) in [6, 6.07) is 7.43. The van der Waals surface area contributed by atoms with Gasteiger partial charge in [0.1, 0.15) is 0 Å². The number of halogens is 3. The van der Waals surface area contributed by atoms with Crippen LogP contribution in [-0.2, 0) is 10.5 Å². The van der Waals surface area contributed by atoms with Crippen molar-refractivity contribution in [3.8, 4) is 0 Å². The lowest BCUT2D eigenvalue weighted by molar-refractivity contribution is -0.167. The highest BCUT2D eigenvalue weighted by atomic mass is 32.2. The van der Waals surface area contributed by atoms with Crippen molar-refractivity contribution in [3.05, 3.63) is 35.4 Å². The van der Waals surface area contributed by atoms with Gasteiger partial charge in [-0.3, -0.25) is 4.79 Å². The molecule has 1 aromatic carbocycles. The fraction of sp³-hybridized carbons (Fsp3) is 0.364. The zero-order valence-electron chi connectivity index (χ0n) is 8.67. The molecule has 0 aliphatic carbocycles. The van der Waals surface area contributed by atoms with Crippen LogP contribution in [0.4, 0.5) is 13.2 Å². The Bertz CT molecular complexity index is 374. The van der Waals surface area contributed by atoms with Gasteiger partial charge in [0.2, 0.25) is 5.78 Å². The first-order valence-electron chi connectivity index (χ1n) is 4.63. The predicted octanol–water partition coefficient (Wildman–Crippen LogP) is 3.36. The Balaban J connectivity index is 2.43. The number of benzene rings is 1. The van der Waals surface area contributed by atoms with Gasteiger partial charge in [-0.15, -0.1) is 11.8 Å². The van der Waals surface area contributed by atoms with Crippen molar-refractivity contribution in [2.75, 3.05) is 5.75 Å². The molecular formula is C11H11F3OS. The Morgan fingerprint density at radius 1 is 1.31 bits per heavy atom. The molecule has 0 N–H and O–H groups in total. The van der Waals surface area contributed by atoms with Crippen LogP contribution < -0.4 is 0 Å². The first-order valence-corrected chi connectivity index (χ1v) is 5.79. The van der Waals surface area contributed by atoms with Crippen LogP contribution in [0, 0.1) is 6.92 Å². The molecule has 0 bridgehead atoms. The lowest BCUT2D eigenvalue weighted by Crippen LogP contribution is -2.24. The van der Waals surface area contributed by atoms with E-state index in [0.717, 1.165) is 22.9 Å². The summed E-state index contributed by atoms with van der Waals surface area (Å²) in [5.41, 5.74) is 1.98. The summed E-state index contributed by atoms with van der Waals surface area (Å²) in [6.45, 7) is 1.89. The van der Waals surface area contributed by atoms with E-state index < -0.39 is 17.7 Å². The molecule has 1 aromatic rings. The second-order valence-electron chi connectivity index (χ2n) is 3.34. The molecule has 1 rings (SSSR count). The molecule has 0 atom stereocenters. The van der Waals surface area contributed by atoms with Crippen LogP contribution in [0.15, 0.2) is 24.3 Å². The maximum Gasteiger partial charge on any atom is 0.450 e. The summed E-state index contributed by atoms with van der Waals surface area (Å²) < 4.78 is 35.7. The predicted molar refractivity (Wildman–Crippen MR) is 58.4 cm³/mol. The summed E-state index contributed by atoms with van der Waals surface area (Å²) in [6.07, 6.45) is -4.71. The van der Waals surface area contributed by atoms with E-state index in [1.54, 1.807) is 0 Å². The minimum absolute atomic E-state index is 0.425. The van der Waals surface area contributed by atoms with E-state index in [-0.39, 0.29) is 0 Å². The number of Topliss-reactive ketones (excluding diaryl/α,β-unsaturated/α-hetero) is 1. The van der Waals surface area contributed by atoms with Gasteiger partial charge in [-0.2, -0.15) is 13.2 Å². The van der Waals surface area contributed by atoms with Crippen LogP contribution in [-0.4, -0.2) is 17.7 Å². The zero-order valence-corrected chi connectivity index (χ0v) is 9.49. The van der Waals surface area contributed by atoms with Gasteiger partial charge >= 0.3 is 6.18 Å². The van der Waals surface area contributed by atoms with Gasteiger partial charge in [0, 0.05) is 5.75 Å². The highest BCUT2D eigenvalue weighted by Crippen LogP contribution is 2.21. The van der Waals surface area contributed by atoms with Gasteiger partial charge < -0.3 is 0 Å². The first kappa shape index (κ1) is 13.1. The van der Waals surface area contributed by atoms with Gasteiger partial charge in [0.15, 0.2) is 0 Å². The number of hydrogen-bond acceptors (Lipinski definition) is 2. The molecule has 0 fully saturated rings. The fourth-order valence-corrected chi connectivity index (χ4v) is 2.10. The maximum absolute atomic E-state index is 11.9. The van der Waals surface area contributed by atoms with Crippen molar-refractivity contribution in [1.82, 2.24) is 0 Å². The number of rotatable bonds is 4. The maximum atomic E-state index is 11.9. The molecule has 0 heterocycles. The van der Waals surface area contributed by atoms with E-state index in [1.165, 1.54) is 0 Å². The molecule has 0 aliphatic rings. The minimum atomic E-state index is -4.71. The third-order valence-corrected chi connectivity index (χ3v) is 3.05. The molecule has 16 heavy (non-hydrogen) atoms. The quantitative estimate of drug-likeness (QED) is 0.812. The second-order valence-corrected chi connectivity index (χ2v) is 4.33. The van der Waals surface area contributed by atoms with Crippen LogP contribution in [0.5, 0.6) is 0 Å². The van der Waals surface area contributed by atoms with Crippen molar-refractivity contribution in [1.29, 1.82) is 0 Å². The molecule has 5 heteroatoms. The van der Waals surface area contributed by atoms with Crippen LogP contribution in [0.1, 0.15) is 11.1 Å². The summed E-state index contributed by atoms with van der Waals surface area (Å²) in [5.74, 6) is -1.77. The zero-order chi connectivity index (χ0) is 12.2. The number of thioether (sulfide) groups is 1. The number of carbonyl (C=O) groups excluding carboxylic acids is 1. The lowest BCUT2D eigenvalue weighted by atomic mass is 10.1. The van der Waals surface area contributed by atoms with Gasteiger partial charge in [-0.1, -0.05) is 24.3 Å².